The lowest BCUT2D eigenvalue weighted by atomic mass is 9.96. The van der Waals surface area contributed by atoms with Crippen LogP contribution in [0.3, 0.4) is 0 Å². The van der Waals surface area contributed by atoms with Gasteiger partial charge in [-0.2, -0.15) is 0 Å². The van der Waals surface area contributed by atoms with Gasteiger partial charge < -0.3 is 14.2 Å². The predicted octanol–water partition coefficient (Wildman–Crippen LogP) is 1.72. The van der Waals surface area contributed by atoms with E-state index in [1.54, 1.807) is 35.8 Å². The van der Waals surface area contributed by atoms with Crippen LogP contribution in [0.15, 0.2) is 24.0 Å². The molecule has 1 heterocycles. The monoisotopic (exact) mass is 319 g/mol. The van der Waals surface area contributed by atoms with Gasteiger partial charge in [0.2, 0.25) is 13.6 Å². The average Bonchev–Trinajstić information content (AvgIpc) is 2.96. The molecule has 0 aliphatic carbocycles. The van der Waals surface area contributed by atoms with Crippen molar-refractivity contribution in [2.75, 3.05) is 13.7 Å². The fourth-order valence-electron chi connectivity index (χ4n) is 2.28. The standard InChI is InChI=1S/C16H26BN3O3/c1-6-23-10-20-8-7-18-15(20)14(21)12(4)9-13(11(2)3)19(5)16(17)22/h7-9,11,13H,6,10,17H2,1-5H3/b12-9+/t13-/m1/s1. The van der Waals surface area contributed by atoms with Gasteiger partial charge in [0.25, 0.3) is 0 Å². The lowest BCUT2D eigenvalue weighted by molar-refractivity contribution is 0.0815. The molecule has 0 saturated carbocycles. The first kappa shape index (κ1) is 19.2. The molecule has 1 amide bonds. The number of amides is 1. The van der Waals surface area contributed by atoms with Crippen molar-refractivity contribution in [3.05, 3.63) is 29.9 Å². The molecule has 0 aliphatic heterocycles. The molecular weight excluding hydrogens is 293 g/mol. The van der Waals surface area contributed by atoms with E-state index < -0.39 is 0 Å². The number of ketones is 1. The second-order valence-electron chi connectivity index (χ2n) is 5.89. The van der Waals surface area contributed by atoms with Crippen LogP contribution in [-0.2, 0) is 11.5 Å². The summed E-state index contributed by atoms with van der Waals surface area (Å²) < 4.78 is 7.02. The zero-order valence-electron chi connectivity index (χ0n) is 14.9. The molecule has 1 aromatic heterocycles. The van der Waals surface area contributed by atoms with E-state index in [0.29, 0.717) is 24.7 Å². The number of hydrogen-bond acceptors (Lipinski definition) is 4. The Bertz CT molecular complexity index is 581. The van der Waals surface area contributed by atoms with E-state index in [0.717, 1.165) is 0 Å². The third-order valence-electron chi connectivity index (χ3n) is 3.76. The summed E-state index contributed by atoms with van der Waals surface area (Å²) in [6.07, 6.45) is 5.15. The highest BCUT2D eigenvalue weighted by molar-refractivity contribution is 6.56. The minimum absolute atomic E-state index is 0.0296. The van der Waals surface area contributed by atoms with Crippen LogP contribution in [0.25, 0.3) is 0 Å². The first-order valence-corrected chi connectivity index (χ1v) is 7.84. The molecule has 1 aromatic rings. The smallest absolute Gasteiger partial charge is 0.223 e. The van der Waals surface area contributed by atoms with Crippen molar-refractivity contribution in [1.82, 2.24) is 14.5 Å². The Morgan fingerprint density at radius 1 is 1.48 bits per heavy atom. The van der Waals surface area contributed by atoms with Gasteiger partial charge in [-0.05, 0) is 25.3 Å². The SMILES string of the molecule is BC(=O)N(C)[C@H](/C=C(\C)C(=O)c1nccn1COCC)C(C)C. The molecule has 6 nitrogen and oxygen atoms in total. The Morgan fingerprint density at radius 3 is 2.65 bits per heavy atom. The molecule has 0 unspecified atom stereocenters. The zero-order chi connectivity index (χ0) is 17.6. The van der Waals surface area contributed by atoms with Crippen LogP contribution in [0.4, 0.5) is 4.79 Å². The maximum absolute atomic E-state index is 12.6. The fourth-order valence-corrected chi connectivity index (χ4v) is 2.28. The summed E-state index contributed by atoms with van der Waals surface area (Å²) in [7, 11) is 3.27. The number of imidazole rings is 1. The van der Waals surface area contributed by atoms with Crippen molar-refractivity contribution in [2.24, 2.45) is 5.92 Å². The summed E-state index contributed by atoms with van der Waals surface area (Å²) >= 11 is 0. The van der Waals surface area contributed by atoms with E-state index in [1.165, 1.54) is 7.85 Å². The first-order valence-electron chi connectivity index (χ1n) is 7.84. The van der Waals surface area contributed by atoms with Gasteiger partial charge in [0.15, 0.2) is 11.6 Å². The Hall–Kier alpha value is -1.89. The Kier molecular flexibility index (Phi) is 7.22. The quantitative estimate of drug-likeness (QED) is 0.416. The lowest BCUT2D eigenvalue weighted by Gasteiger charge is -2.28. The van der Waals surface area contributed by atoms with Gasteiger partial charge in [-0.25, -0.2) is 4.98 Å². The predicted molar refractivity (Wildman–Crippen MR) is 92.3 cm³/mol. The van der Waals surface area contributed by atoms with Crippen molar-refractivity contribution in [3.8, 4) is 0 Å². The molecular formula is C16H26BN3O3. The van der Waals surface area contributed by atoms with Gasteiger partial charge in [-0.3, -0.25) is 9.59 Å². The van der Waals surface area contributed by atoms with Gasteiger partial charge in [0.05, 0.1) is 6.04 Å². The van der Waals surface area contributed by atoms with E-state index in [4.69, 9.17) is 4.74 Å². The van der Waals surface area contributed by atoms with Crippen LogP contribution in [0.1, 0.15) is 38.3 Å². The molecule has 0 saturated heterocycles. The normalized spacial score (nSPS) is 13.2. The van der Waals surface area contributed by atoms with E-state index in [9.17, 15) is 9.59 Å². The van der Waals surface area contributed by atoms with Crippen LogP contribution in [0, 0.1) is 5.92 Å². The van der Waals surface area contributed by atoms with Crippen LogP contribution < -0.4 is 0 Å². The third-order valence-corrected chi connectivity index (χ3v) is 3.76. The molecule has 1 rings (SSSR count). The Labute approximate surface area is 138 Å². The summed E-state index contributed by atoms with van der Waals surface area (Å²) in [6, 6.07) is -0.133. The minimum atomic E-state index is -0.155. The van der Waals surface area contributed by atoms with Gasteiger partial charge >= 0.3 is 0 Å². The lowest BCUT2D eigenvalue weighted by Crippen LogP contribution is -2.39. The molecule has 0 N–H and O–H groups in total. The summed E-state index contributed by atoms with van der Waals surface area (Å²) in [5.74, 6) is 0.366. The van der Waals surface area contributed by atoms with E-state index in [1.807, 2.05) is 26.8 Å². The number of rotatable bonds is 8. The summed E-state index contributed by atoms with van der Waals surface area (Å²) in [5.41, 5.74) is 0.570. The van der Waals surface area contributed by atoms with Crippen molar-refractivity contribution in [3.63, 3.8) is 0 Å². The number of Topliss-reactive ketones (excluding diaryl/α,β-unsaturated/α-hetero) is 1. The van der Waals surface area contributed by atoms with Crippen molar-refractivity contribution < 1.29 is 14.3 Å². The van der Waals surface area contributed by atoms with Crippen molar-refractivity contribution in [1.29, 1.82) is 0 Å². The minimum Gasteiger partial charge on any atom is -0.361 e. The zero-order valence-corrected chi connectivity index (χ0v) is 14.9. The summed E-state index contributed by atoms with van der Waals surface area (Å²) in [6.45, 7) is 8.56. The van der Waals surface area contributed by atoms with Gasteiger partial charge in [-0.15, -0.1) is 0 Å². The maximum atomic E-state index is 12.6. The van der Waals surface area contributed by atoms with Gasteiger partial charge in [0.1, 0.15) is 6.73 Å². The first-order chi connectivity index (χ1) is 10.8. The average molecular weight is 319 g/mol. The molecule has 0 fully saturated rings. The number of ether oxygens (including phenoxy) is 1. The van der Waals surface area contributed by atoms with E-state index >= 15 is 0 Å². The number of allylic oxidation sites excluding steroid dienone is 1. The van der Waals surface area contributed by atoms with Crippen LogP contribution in [-0.4, -0.2) is 53.6 Å². The number of aromatic nitrogens is 2. The molecule has 0 radical (unpaired) electrons. The third kappa shape index (κ3) is 5.06. The molecule has 7 heteroatoms. The second-order valence-corrected chi connectivity index (χ2v) is 5.89. The van der Waals surface area contributed by atoms with Crippen molar-refractivity contribution >= 4 is 19.4 Å². The number of nitrogens with zero attached hydrogens (tertiary/aromatic N) is 3. The van der Waals surface area contributed by atoms with Crippen LogP contribution >= 0.6 is 0 Å². The number of likely N-dealkylation sites (N-methyl/N-ethyl adjacent to an activating group) is 1. The van der Waals surface area contributed by atoms with Gasteiger partial charge in [0, 0.05) is 26.0 Å². The molecule has 0 bridgehead atoms. The van der Waals surface area contributed by atoms with E-state index in [2.05, 4.69) is 4.98 Å². The summed E-state index contributed by atoms with van der Waals surface area (Å²) in [5, 5.41) is 0. The largest absolute Gasteiger partial charge is 0.361 e. The Balaban J connectivity index is 3.02. The number of carbonyl (C=O) groups excluding carboxylic acids is 2. The molecule has 1 atom stereocenters. The highest BCUT2D eigenvalue weighted by Gasteiger charge is 2.21. The van der Waals surface area contributed by atoms with Crippen molar-refractivity contribution in [2.45, 2.75) is 40.5 Å². The highest BCUT2D eigenvalue weighted by Crippen LogP contribution is 2.15. The fraction of sp³-hybridized carbons (Fsp3) is 0.562. The summed E-state index contributed by atoms with van der Waals surface area (Å²) in [4.78, 5) is 30.0. The number of hydrogen-bond donors (Lipinski definition) is 0. The molecule has 0 aromatic carbocycles. The van der Waals surface area contributed by atoms with Crippen LogP contribution in [0.5, 0.6) is 0 Å². The second kappa shape index (κ2) is 8.67. The van der Waals surface area contributed by atoms with Crippen LogP contribution in [0.2, 0.25) is 0 Å². The molecule has 126 valence electrons. The van der Waals surface area contributed by atoms with Gasteiger partial charge in [-0.1, -0.05) is 19.9 Å². The Morgan fingerprint density at radius 2 is 2.13 bits per heavy atom. The highest BCUT2D eigenvalue weighted by atomic mass is 16.5. The molecule has 23 heavy (non-hydrogen) atoms. The topological polar surface area (TPSA) is 64.4 Å². The molecule has 0 aliphatic rings. The van der Waals surface area contributed by atoms with E-state index in [-0.39, 0.29) is 23.5 Å². The maximum Gasteiger partial charge on any atom is 0.223 e. The number of carbonyl (C=O) groups is 2. The molecule has 0 spiro atoms.